The van der Waals surface area contributed by atoms with Crippen molar-refractivity contribution in [1.29, 1.82) is 5.26 Å². The number of alkyl halides is 3. The highest BCUT2D eigenvalue weighted by molar-refractivity contribution is 9.10. The van der Waals surface area contributed by atoms with Crippen LogP contribution in [0.3, 0.4) is 0 Å². The van der Waals surface area contributed by atoms with Gasteiger partial charge in [-0.15, -0.1) is 0 Å². The number of hydrogen-bond acceptors (Lipinski definition) is 3. The van der Waals surface area contributed by atoms with Crippen molar-refractivity contribution in [1.82, 2.24) is 4.57 Å². The Hall–Kier alpha value is -2.57. The van der Waals surface area contributed by atoms with E-state index in [-0.39, 0.29) is 21.4 Å². The highest BCUT2D eigenvalue weighted by Crippen LogP contribution is 2.39. The molecule has 0 spiro atoms. The van der Waals surface area contributed by atoms with Crippen LogP contribution in [0.5, 0.6) is 0 Å². The van der Waals surface area contributed by atoms with Crippen LogP contribution in [-0.2, 0) is 10.0 Å². The molecule has 0 aliphatic heterocycles. The van der Waals surface area contributed by atoms with E-state index in [9.17, 15) is 23.2 Å². The minimum Gasteiger partial charge on any atom is -0.380 e. The molecule has 3 aromatic rings. The first-order valence-corrected chi connectivity index (χ1v) is 9.14. The lowest BCUT2D eigenvalue weighted by atomic mass is 10.0. The molecule has 0 radical (unpaired) electrons. The fraction of sp³-hybridized carbons (Fsp3) is 0.0526. The zero-order valence-corrected chi connectivity index (χ0v) is 17.0. The van der Waals surface area contributed by atoms with Gasteiger partial charge in [0.2, 0.25) is 0 Å². The Bertz CT molecular complexity index is 1070. The van der Waals surface area contributed by atoms with Crippen LogP contribution in [0, 0.1) is 11.3 Å². The van der Waals surface area contributed by atoms with E-state index in [0.29, 0.717) is 11.3 Å². The summed E-state index contributed by atoms with van der Waals surface area (Å²) in [6.45, 7) is 0. The molecule has 0 fully saturated rings. The molecule has 0 amide bonds. The molecule has 142 valence electrons. The van der Waals surface area contributed by atoms with Gasteiger partial charge in [0.25, 0.3) is 0 Å². The standard InChI is InChI=1S/C19H9Br2F3N2O2/c20-17-15(18(27)28-21)14(10-25)16(26(17)13-4-2-1-3-5-13)11-6-8-12(9-7-11)19(22,23)24/h1-9H. The molecule has 0 aliphatic carbocycles. The van der Waals surface area contributed by atoms with Gasteiger partial charge in [-0.05, 0) is 45.8 Å². The Morgan fingerprint density at radius 3 is 2.18 bits per heavy atom. The van der Waals surface area contributed by atoms with Crippen LogP contribution in [-0.4, -0.2) is 10.5 Å². The summed E-state index contributed by atoms with van der Waals surface area (Å²) in [7, 11) is 0. The summed E-state index contributed by atoms with van der Waals surface area (Å²) in [4.78, 5) is 12.2. The molecule has 28 heavy (non-hydrogen) atoms. The molecule has 4 nitrogen and oxygen atoms in total. The highest BCUT2D eigenvalue weighted by Gasteiger charge is 2.32. The lowest BCUT2D eigenvalue weighted by molar-refractivity contribution is -0.137. The molecule has 3 rings (SSSR count). The minimum absolute atomic E-state index is 0.0278. The quantitative estimate of drug-likeness (QED) is 0.415. The van der Waals surface area contributed by atoms with Crippen LogP contribution in [0.25, 0.3) is 16.9 Å². The summed E-state index contributed by atoms with van der Waals surface area (Å²) in [5, 5.41) is 9.69. The average molecular weight is 514 g/mol. The van der Waals surface area contributed by atoms with Gasteiger partial charge in [-0.3, -0.25) is 0 Å². The summed E-state index contributed by atoms with van der Waals surface area (Å²) in [5.41, 5.74) is 0.323. The second-order valence-corrected chi connectivity index (χ2v) is 6.69. The zero-order valence-electron chi connectivity index (χ0n) is 13.8. The number of nitrogens with zero attached hydrogens (tertiary/aromatic N) is 2. The van der Waals surface area contributed by atoms with E-state index < -0.39 is 17.7 Å². The van der Waals surface area contributed by atoms with Crippen molar-refractivity contribution in [2.24, 2.45) is 0 Å². The van der Waals surface area contributed by atoms with E-state index in [1.807, 2.05) is 6.07 Å². The minimum atomic E-state index is -4.48. The number of para-hydroxylation sites is 1. The third kappa shape index (κ3) is 3.57. The van der Waals surface area contributed by atoms with Gasteiger partial charge in [0, 0.05) is 5.69 Å². The van der Waals surface area contributed by atoms with Crippen LogP contribution < -0.4 is 0 Å². The monoisotopic (exact) mass is 512 g/mol. The predicted octanol–water partition coefficient (Wildman–Crippen LogP) is 6.26. The topological polar surface area (TPSA) is 55.0 Å². The number of halogens is 5. The summed E-state index contributed by atoms with van der Waals surface area (Å²) >= 11 is 5.94. The number of rotatable bonds is 3. The molecule has 0 unspecified atom stereocenters. The molecule has 0 N–H and O–H groups in total. The van der Waals surface area contributed by atoms with Gasteiger partial charge in [0.1, 0.15) is 16.2 Å². The van der Waals surface area contributed by atoms with Crippen molar-refractivity contribution in [3.63, 3.8) is 0 Å². The van der Waals surface area contributed by atoms with Gasteiger partial charge < -0.3 is 8.40 Å². The number of aromatic nitrogens is 1. The van der Waals surface area contributed by atoms with Crippen molar-refractivity contribution in [2.45, 2.75) is 6.18 Å². The number of nitriles is 1. The van der Waals surface area contributed by atoms with Gasteiger partial charge in [-0.25, -0.2) is 4.79 Å². The predicted molar refractivity (Wildman–Crippen MR) is 103 cm³/mol. The normalized spacial score (nSPS) is 11.1. The molecule has 0 bridgehead atoms. The summed E-state index contributed by atoms with van der Waals surface area (Å²) in [6, 6.07) is 15.1. The Morgan fingerprint density at radius 2 is 1.68 bits per heavy atom. The van der Waals surface area contributed by atoms with E-state index in [1.165, 1.54) is 12.1 Å². The van der Waals surface area contributed by atoms with Crippen LogP contribution in [0.15, 0.2) is 59.2 Å². The first-order chi connectivity index (χ1) is 13.3. The van der Waals surface area contributed by atoms with Gasteiger partial charge in [0.15, 0.2) is 16.3 Å². The maximum Gasteiger partial charge on any atom is 0.416 e. The Kier molecular flexibility index (Phi) is 5.63. The number of carbonyl (C=O) groups excluding carboxylic acids is 1. The van der Waals surface area contributed by atoms with Crippen molar-refractivity contribution in [3.8, 4) is 23.0 Å². The zero-order chi connectivity index (χ0) is 20.5. The van der Waals surface area contributed by atoms with E-state index >= 15 is 0 Å². The van der Waals surface area contributed by atoms with E-state index in [2.05, 4.69) is 36.0 Å². The lowest BCUT2D eigenvalue weighted by Gasteiger charge is -2.13. The number of benzene rings is 2. The van der Waals surface area contributed by atoms with Crippen LogP contribution in [0.4, 0.5) is 13.2 Å². The molecule has 0 saturated carbocycles. The summed E-state index contributed by atoms with van der Waals surface area (Å²) in [5.74, 6) is -0.814. The molecule has 0 saturated heterocycles. The van der Waals surface area contributed by atoms with Crippen molar-refractivity contribution < 1.29 is 21.8 Å². The number of hydrogen-bond donors (Lipinski definition) is 0. The van der Waals surface area contributed by atoms with Crippen LogP contribution in [0.2, 0.25) is 0 Å². The number of carbonyl (C=O) groups is 1. The molecule has 1 heterocycles. The average Bonchev–Trinajstić information content (AvgIpc) is 2.99. The Balaban J connectivity index is 2.33. The fourth-order valence-electron chi connectivity index (χ4n) is 2.79. The highest BCUT2D eigenvalue weighted by atomic mass is 79.9. The molecular weight excluding hydrogens is 505 g/mol. The molecule has 1 aromatic heterocycles. The molecule has 2 aromatic carbocycles. The SMILES string of the molecule is N#Cc1c(C(=O)OBr)c(Br)n(-c2ccccc2)c1-c1ccc(C(F)(F)F)cc1. The first-order valence-electron chi connectivity index (χ1n) is 7.69. The maximum atomic E-state index is 12.9. The first kappa shape index (κ1) is 20.2. The second kappa shape index (κ2) is 7.81. The summed E-state index contributed by atoms with van der Waals surface area (Å²) < 4.78 is 45.1. The van der Waals surface area contributed by atoms with E-state index in [1.54, 1.807) is 34.9 Å². The third-order valence-corrected chi connectivity index (χ3v) is 5.04. The van der Waals surface area contributed by atoms with Gasteiger partial charge >= 0.3 is 12.1 Å². The summed E-state index contributed by atoms with van der Waals surface area (Å²) in [6.07, 6.45) is -4.48. The molecule has 0 aliphatic rings. The molecule has 9 heteroatoms. The van der Waals surface area contributed by atoms with E-state index in [4.69, 9.17) is 0 Å². The van der Waals surface area contributed by atoms with Crippen molar-refractivity contribution in [2.75, 3.05) is 0 Å². The van der Waals surface area contributed by atoms with E-state index in [0.717, 1.165) is 12.1 Å². The molecule has 0 atom stereocenters. The second-order valence-electron chi connectivity index (χ2n) is 5.61. The van der Waals surface area contributed by atoms with Crippen molar-refractivity contribution in [3.05, 3.63) is 75.9 Å². The van der Waals surface area contributed by atoms with Crippen LogP contribution >= 0.6 is 32.2 Å². The lowest BCUT2D eigenvalue weighted by Crippen LogP contribution is -2.04. The Labute approximate surface area is 174 Å². The fourth-order valence-corrected chi connectivity index (χ4v) is 3.69. The molecular formula is C19H9Br2F3N2O2. The van der Waals surface area contributed by atoms with Crippen molar-refractivity contribution >= 4 is 38.2 Å². The smallest absolute Gasteiger partial charge is 0.380 e. The van der Waals surface area contributed by atoms with Gasteiger partial charge in [0.05, 0.1) is 16.8 Å². The third-order valence-electron chi connectivity index (χ3n) is 4.00. The largest absolute Gasteiger partial charge is 0.416 e. The van der Waals surface area contributed by atoms with Gasteiger partial charge in [-0.1, -0.05) is 30.3 Å². The Morgan fingerprint density at radius 1 is 1.07 bits per heavy atom. The van der Waals surface area contributed by atoms with Gasteiger partial charge in [-0.2, -0.15) is 18.4 Å². The van der Waals surface area contributed by atoms with Crippen LogP contribution in [0.1, 0.15) is 21.5 Å². The maximum absolute atomic E-state index is 12.9.